The zero-order valence-electron chi connectivity index (χ0n) is 17.0. The fourth-order valence-corrected chi connectivity index (χ4v) is 4.60. The lowest BCUT2D eigenvalue weighted by Gasteiger charge is -2.27. The highest BCUT2D eigenvalue weighted by atomic mass is 32.2. The van der Waals surface area contributed by atoms with E-state index in [0.29, 0.717) is 6.54 Å². The maximum absolute atomic E-state index is 13.6. The van der Waals surface area contributed by atoms with Crippen molar-refractivity contribution in [2.24, 2.45) is 0 Å². The topological polar surface area (TPSA) is 53.9 Å². The lowest BCUT2D eigenvalue weighted by atomic mass is 10.1. The summed E-state index contributed by atoms with van der Waals surface area (Å²) in [4.78, 5) is 16.0. The van der Waals surface area contributed by atoms with Crippen molar-refractivity contribution in [1.82, 2.24) is 15.0 Å². The van der Waals surface area contributed by atoms with Crippen molar-refractivity contribution in [2.75, 3.05) is 34.8 Å². The molecule has 0 amide bonds. The molecule has 4 aromatic rings. The standard InChI is InChI=1S/C24H22FN5S/c25-20-3-1-2-19(12-20)22-13-18-6-7-26-24(21(18)16-27-22)29-15-17-4-5-23(28-14-17)30-8-10-31-11-9-30/h1-7,12-14,16H,8-11,15H2,(H,26,29). The minimum absolute atomic E-state index is 0.268. The summed E-state index contributed by atoms with van der Waals surface area (Å²) in [7, 11) is 0. The fourth-order valence-electron chi connectivity index (χ4n) is 3.70. The number of halogens is 1. The van der Waals surface area contributed by atoms with Crippen molar-refractivity contribution < 1.29 is 4.39 Å². The number of pyridine rings is 3. The van der Waals surface area contributed by atoms with E-state index in [4.69, 9.17) is 0 Å². The van der Waals surface area contributed by atoms with Gasteiger partial charge in [0.25, 0.3) is 0 Å². The molecule has 0 atom stereocenters. The van der Waals surface area contributed by atoms with Crippen LogP contribution in [0.3, 0.4) is 0 Å². The third-order valence-corrected chi connectivity index (χ3v) is 6.32. The Kier molecular flexibility index (Phi) is 5.67. The van der Waals surface area contributed by atoms with Crippen LogP contribution in [0.5, 0.6) is 0 Å². The van der Waals surface area contributed by atoms with Crippen LogP contribution >= 0.6 is 11.8 Å². The number of fused-ring (bicyclic) bond motifs is 1. The molecule has 4 heterocycles. The number of anilines is 2. The number of hydrogen-bond donors (Lipinski definition) is 1. The molecule has 0 radical (unpaired) electrons. The van der Waals surface area contributed by atoms with E-state index in [1.807, 2.05) is 36.2 Å². The summed E-state index contributed by atoms with van der Waals surface area (Å²) < 4.78 is 13.6. The van der Waals surface area contributed by atoms with Crippen LogP contribution in [0.25, 0.3) is 22.0 Å². The Morgan fingerprint density at radius 1 is 0.968 bits per heavy atom. The Balaban J connectivity index is 1.32. The minimum Gasteiger partial charge on any atom is -0.365 e. The predicted molar refractivity (Wildman–Crippen MR) is 126 cm³/mol. The highest BCUT2D eigenvalue weighted by molar-refractivity contribution is 7.99. The number of hydrogen-bond acceptors (Lipinski definition) is 6. The molecule has 31 heavy (non-hydrogen) atoms. The summed E-state index contributed by atoms with van der Waals surface area (Å²) >= 11 is 2.00. The Morgan fingerprint density at radius 2 is 1.87 bits per heavy atom. The summed E-state index contributed by atoms with van der Waals surface area (Å²) in [5.41, 5.74) is 2.59. The molecule has 156 valence electrons. The van der Waals surface area contributed by atoms with E-state index in [2.05, 4.69) is 37.3 Å². The van der Waals surface area contributed by atoms with E-state index in [1.165, 1.54) is 12.1 Å². The van der Waals surface area contributed by atoms with E-state index in [-0.39, 0.29) is 5.82 Å². The number of thioether (sulfide) groups is 1. The van der Waals surface area contributed by atoms with Crippen LogP contribution in [0.2, 0.25) is 0 Å². The normalized spacial score (nSPS) is 14.0. The summed E-state index contributed by atoms with van der Waals surface area (Å²) in [5.74, 6) is 3.86. The van der Waals surface area contributed by atoms with Gasteiger partial charge in [0.1, 0.15) is 17.5 Å². The molecular formula is C24H22FN5S. The van der Waals surface area contributed by atoms with Crippen LogP contribution in [0.1, 0.15) is 5.56 Å². The largest absolute Gasteiger partial charge is 0.365 e. The molecule has 3 aromatic heterocycles. The van der Waals surface area contributed by atoms with Crippen LogP contribution in [0, 0.1) is 5.82 Å². The van der Waals surface area contributed by atoms with Crippen LogP contribution in [0.4, 0.5) is 16.0 Å². The molecular weight excluding hydrogens is 409 g/mol. The molecule has 5 rings (SSSR count). The Bertz CT molecular complexity index is 1190. The van der Waals surface area contributed by atoms with Gasteiger partial charge in [-0.25, -0.2) is 14.4 Å². The van der Waals surface area contributed by atoms with Crippen molar-refractivity contribution in [2.45, 2.75) is 6.54 Å². The van der Waals surface area contributed by atoms with E-state index in [1.54, 1.807) is 18.5 Å². The molecule has 0 bridgehead atoms. The number of aromatic nitrogens is 3. The summed E-state index contributed by atoms with van der Waals surface area (Å²) in [6, 6.07) is 14.6. The van der Waals surface area contributed by atoms with Crippen molar-refractivity contribution in [1.29, 1.82) is 0 Å². The molecule has 0 spiro atoms. The maximum atomic E-state index is 13.6. The highest BCUT2D eigenvalue weighted by Gasteiger charge is 2.12. The van der Waals surface area contributed by atoms with Crippen LogP contribution in [-0.2, 0) is 6.54 Å². The van der Waals surface area contributed by atoms with Gasteiger partial charge in [-0.1, -0.05) is 18.2 Å². The van der Waals surface area contributed by atoms with Gasteiger partial charge in [-0.15, -0.1) is 0 Å². The maximum Gasteiger partial charge on any atom is 0.135 e. The molecule has 0 unspecified atom stereocenters. The van der Waals surface area contributed by atoms with Crippen molar-refractivity contribution >= 4 is 34.2 Å². The average molecular weight is 432 g/mol. The van der Waals surface area contributed by atoms with Crippen LogP contribution in [0.15, 0.2) is 67.1 Å². The van der Waals surface area contributed by atoms with Gasteiger partial charge in [-0.2, -0.15) is 11.8 Å². The lowest BCUT2D eigenvalue weighted by Crippen LogP contribution is -2.33. The average Bonchev–Trinajstić information content (AvgIpc) is 2.83. The van der Waals surface area contributed by atoms with Crippen molar-refractivity contribution in [3.8, 4) is 11.3 Å². The molecule has 1 aliphatic heterocycles. The Morgan fingerprint density at radius 3 is 2.68 bits per heavy atom. The lowest BCUT2D eigenvalue weighted by molar-refractivity contribution is 0.628. The molecule has 0 saturated carbocycles. The predicted octanol–water partition coefficient (Wildman–Crippen LogP) is 5.00. The van der Waals surface area contributed by atoms with E-state index in [0.717, 1.165) is 63.8 Å². The number of nitrogens with one attached hydrogen (secondary N) is 1. The van der Waals surface area contributed by atoms with Gasteiger partial charge in [0.05, 0.1) is 5.69 Å². The third kappa shape index (κ3) is 4.46. The van der Waals surface area contributed by atoms with Gasteiger partial charge in [0.2, 0.25) is 0 Å². The van der Waals surface area contributed by atoms with E-state index < -0.39 is 0 Å². The van der Waals surface area contributed by atoms with Crippen LogP contribution in [-0.4, -0.2) is 39.5 Å². The Labute approximate surface area is 184 Å². The van der Waals surface area contributed by atoms with Gasteiger partial charge in [0, 0.05) is 60.7 Å². The van der Waals surface area contributed by atoms with Gasteiger partial charge >= 0.3 is 0 Å². The molecule has 1 aliphatic rings. The van der Waals surface area contributed by atoms with Crippen LogP contribution < -0.4 is 10.2 Å². The third-order valence-electron chi connectivity index (χ3n) is 5.37. The second-order valence-electron chi connectivity index (χ2n) is 7.44. The first-order valence-electron chi connectivity index (χ1n) is 10.3. The molecule has 5 nitrogen and oxygen atoms in total. The highest BCUT2D eigenvalue weighted by Crippen LogP contribution is 2.26. The monoisotopic (exact) mass is 431 g/mol. The minimum atomic E-state index is -0.268. The second-order valence-corrected chi connectivity index (χ2v) is 8.66. The molecule has 1 N–H and O–H groups in total. The summed E-state index contributed by atoms with van der Waals surface area (Å²) in [5, 5.41) is 5.33. The number of nitrogens with zero attached hydrogens (tertiary/aromatic N) is 4. The fraction of sp³-hybridized carbons (Fsp3) is 0.208. The first kappa shape index (κ1) is 19.8. The van der Waals surface area contributed by atoms with Crippen molar-refractivity contribution in [3.63, 3.8) is 0 Å². The molecule has 1 aromatic carbocycles. The van der Waals surface area contributed by atoms with Gasteiger partial charge in [-0.05, 0) is 41.3 Å². The summed E-state index contributed by atoms with van der Waals surface area (Å²) in [6.07, 6.45) is 5.49. The number of rotatable bonds is 5. The first-order chi connectivity index (χ1) is 15.3. The summed E-state index contributed by atoms with van der Waals surface area (Å²) in [6.45, 7) is 2.74. The molecule has 1 saturated heterocycles. The zero-order chi connectivity index (χ0) is 21.0. The van der Waals surface area contributed by atoms with Gasteiger partial charge < -0.3 is 10.2 Å². The van der Waals surface area contributed by atoms with Gasteiger partial charge in [0.15, 0.2) is 0 Å². The van der Waals surface area contributed by atoms with Crippen molar-refractivity contribution in [3.05, 3.63) is 78.5 Å². The zero-order valence-corrected chi connectivity index (χ0v) is 17.8. The van der Waals surface area contributed by atoms with Gasteiger partial charge in [-0.3, -0.25) is 4.98 Å². The smallest absolute Gasteiger partial charge is 0.135 e. The second kappa shape index (κ2) is 8.89. The SMILES string of the molecule is Fc1cccc(-c2cc3ccnc(NCc4ccc(N5CCSCC5)nc4)c3cn2)c1. The molecule has 7 heteroatoms. The Hall–Kier alpha value is -3.19. The quantitative estimate of drug-likeness (QED) is 0.480. The molecule has 0 aliphatic carbocycles. The number of benzene rings is 1. The molecule has 1 fully saturated rings. The van der Waals surface area contributed by atoms with E-state index in [9.17, 15) is 4.39 Å². The van der Waals surface area contributed by atoms with E-state index >= 15 is 0 Å². The first-order valence-corrected chi connectivity index (χ1v) is 11.4.